The maximum atomic E-state index is 12.9. The minimum atomic E-state index is -0.495. The zero-order valence-corrected chi connectivity index (χ0v) is 17.0. The molecule has 0 radical (unpaired) electrons. The zero-order valence-electron chi connectivity index (χ0n) is 17.0. The first-order valence-electron chi connectivity index (χ1n) is 9.28. The highest BCUT2D eigenvalue weighted by Gasteiger charge is 2.24. The number of rotatable bonds is 8. The van der Waals surface area contributed by atoms with Gasteiger partial charge in [-0.15, -0.1) is 5.10 Å². The standard InChI is InChI=1S/C19H24FN7O2/c1-5-24(2)18(29)14-12-21-26(4)17(14)15(28)10-13-6-8-27-16(11-13)22-19(23-27)25(3)9-7-20/h6,8,11-12H,5,7,9-10H2,1-4H3. The molecule has 0 fully saturated rings. The van der Waals surface area contributed by atoms with Crippen LogP contribution in [0.25, 0.3) is 5.65 Å². The predicted octanol–water partition coefficient (Wildman–Crippen LogP) is 1.39. The Hall–Kier alpha value is -3.30. The molecule has 154 valence electrons. The lowest BCUT2D eigenvalue weighted by Gasteiger charge is -2.14. The van der Waals surface area contributed by atoms with Crippen molar-refractivity contribution in [2.75, 3.05) is 38.8 Å². The van der Waals surface area contributed by atoms with E-state index in [0.29, 0.717) is 23.7 Å². The van der Waals surface area contributed by atoms with Crippen LogP contribution in [-0.2, 0) is 13.5 Å². The van der Waals surface area contributed by atoms with Crippen LogP contribution >= 0.6 is 0 Å². The van der Waals surface area contributed by atoms with Gasteiger partial charge in [-0.2, -0.15) is 10.1 Å². The highest BCUT2D eigenvalue weighted by Crippen LogP contribution is 2.16. The molecule has 0 saturated carbocycles. The van der Waals surface area contributed by atoms with Gasteiger partial charge in [-0.05, 0) is 24.6 Å². The van der Waals surface area contributed by atoms with E-state index in [9.17, 15) is 14.0 Å². The maximum absolute atomic E-state index is 12.9. The third-order valence-electron chi connectivity index (χ3n) is 4.77. The van der Waals surface area contributed by atoms with Gasteiger partial charge in [0.25, 0.3) is 5.91 Å². The molecular weight excluding hydrogens is 377 g/mol. The summed E-state index contributed by atoms with van der Waals surface area (Å²) in [5.41, 5.74) is 1.86. The van der Waals surface area contributed by atoms with Crippen LogP contribution in [0.2, 0.25) is 0 Å². The van der Waals surface area contributed by atoms with Crippen LogP contribution in [0.3, 0.4) is 0 Å². The summed E-state index contributed by atoms with van der Waals surface area (Å²) in [6.45, 7) is 2.10. The lowest BCUT2D eigenvalue weighted by Crippen LogP contribution is -2.28. The number of amides is 1. The van der Waals surface area contributed by atoms with Crippen molar-refractivity contribution in [2.24, 2.45) is 7.05 Å². The molecule has 0 spiro atoms. The van der Waals surface area contributed by atoms with E-state index in [1.54, 1.807) is 48.9 Å². The number of Topliss-reactive ketones (excluding diaryl/α,β-unsaturated/α-hetero) is 1. The Labute approximate surface area is 167 Å². The van der Waals surface area contributed by atoms with Gasteiger partial charge >= 0.3 is 0 Å². The minimum absolute atomic E-state index is 0.0919. The molecule has 0 bridgehead atoms. The normalized spacial score (nSPS) is 11.1. The van der Waals surface area contributed by atoms with Gasteiger partial charge in [-0.1, -0.05) is 0 Å². The number of carbonyl (C=O) groups excluding carboxylic acids is 2. The first kappa shape index (κ1) is 20.4. The van der Waals surface area contributed by atoms with Crippen LogP contribution in [0.5, 0.6) is 0 Å². The average Bonchev–Trinajstić information content (AvgIpc) is 3.30. The molecule has 0 saturated heterocycles. The molecule has 0 aliphatic heterocycles. The van der Waals surface area contributed by atoms with E-state index in [1.807, 2.05) is 6.92 Å². The molecule has 0 aliphatic rings. The number of aryl methyl sites for hydroxylation is 1. The van der Waals surface area contributed by atoms with E-state index in [0.717, 1.165) is 5.56 Å². The van der Waals surface area contributed by atoms with Gasteiger partial charge in [-0.25, -0.2) is 8.91 Å². The van der Waals surface area contributed by atoms with Crippen molar-refractivity contribution in [1.82, 2.24) is 29.3 Å². The van der Waals surface area contributed by atoms with Gasteiger partial charge in [0.05, 0.1) is 11.8 Å². The van der Waals surface area contributed by atoms with Crippen LogP contribution in [0.4, 0.5) is 10.3 Å². The second-order valence-electron chi connectivity index (χ2n) is 6.81. The van der Waals surface area contributed by atoms with Crippen molar-refractivity contribution in [1.29, 1.82) is 0 Å². The Balaban J connectivity index is 1.85. The summed E-state index contributed by atoms with van der Waals surface area (Å²) in [5, 5.41) is 8.39. The molecule has 0 aliphatic carbocycles. The lowest BCUT2D eigenvalue weighted by atomic mass is 10.0. The summed E-state index contributed by atoms with van der Waals surface area (Å²) in [7, 11) is 5.04. The largest absolute Gasteiger partial charge is 0.342 e. The van der Waals surface area contributed by atoms with Crippen LogP contribution in [0, 0.1) is 0 Å². The zero-order chi connectivity index (χ0) is 21.1. The fourth-order valence-electron chi connectivity index (χ4n) is 2.95. The maximum Gasteiger partial charge on any atom is 0.257 e. The van der Waals surface area contributed by atoms with E-state index in [2.05, 4.69) is 15.2 Å². The number of hydrogen-bond donors (Lipinski definition) is 0. The molecule has 0 unspecified atom stereocenters. The Morgan fingerprint density at radius 3 is 2.72 bits per heavy atom. The fourth-order valence-corrected chi connectivity index (χ4v) is 2.95. The third kappa shape index (κ3) is 4.10. The van der Waals surface area contributed by atoms with Gasteiger partial charge in [0.2, 0.25) is 5.95 Å². The van der Waals surface area contributed by atoms with Crippen molar-refractivity contribution >= 4 is 23.3 Å². The molecule has 9 nitrogen and oxygen atoms in total. The summed E-state index contributed by atoms with van der Waals surface area (Å²) in [6.07, 6.45) is 3.23. The monoisotopic (exact) mass is 401 g/mol. The Kier molecular flexibility index (Phi) is 5.90. The summed E-state index contributed by atoms with van der Waals surface area (Å²) >= 11 is 0. The predicted molar refractivity (Wildman–Crippen MR) is 106 cm³/mol. The van der Waals surface area contributed by atoms with Gasteiger partial charge < -0.3 is 9.80 Å². The van der Waals surface area contributed by atoms with Crippen LogP contribution in [0.1, 0.15) is 33.3 Å². The van der Waals surface area contributed by atoms with Crippen LogP contribution < -0.4 is 4.90 Å². The highest BCUT2D eigenvalue weighted by molar-refractivity contribution is 6.07. The Morgan fingerprint density at radius 1 is 1.28 bits per heavy atom. The van der Waals surface area contributed by atoms with Gasteiger partial charge in [0.1, 0.15) is 12.4 Å². The first-order valence-corrected chi connectivity index (χ1v) is 9.28. The number of pyridine rings is 1. The molecule has 29 heavy (non-hydrogen) atoms. The van der Waals surface area contributed by atoms with Crippen LogP contribution in [-0.4, -0.2) is 74.8 Å². The van der Waals surface area contributed by atoms with Crippen molar-refractivity contribution < 1.29 is 14.0 Å². The van der Waals surface area contributed by atoms with Crippen LogP contribution in [0.15, 0.2) is 24.5 Å². The number of fused-ring (bicyclic) bond motifs is 1. The average molecular weight is 401 g/mol. The second kappa shape index (κ2) is 8.38. The van der Waals surface area contributed by atoms with Crippen molar-refractivity contribution in [3.05, 3.63) is 41.3 Å². The molecule has 3 aromatic heterocycles. The number of anilines is 1. The number of halogens is 1. The summed E-state index contributed by atoms with van der Waals surface area (Å²) in [6, 6.07) is 3.53. The van der Waals surface area contributed by atoms with Crippen molar-refractivity contribution in [3.8, 4) is 0 Å². The smallest absolute Gasteiger partial charge is 0.257 e. The lowest BCUT2D eigenvalue weighted by molar-refractivity contribution is 0.0795. The Morgan fingerprint density at radius 2 is 2.03 bits per heavy atom. The first-order chi connectivity index (χ1) is 13.8. The Bertz CT molecular complexity index is 1040. The SMILES string of the molecule is CCN(C)C(=O)c1cnn(C)c1C(=O)Cc1ccn2nc(N(C)CCF)nc2c1. The van der Waals surface area contributed by atoms with E-state index in [4.69, 9.17) is 0 Å². The number of aromatic nitrogens is 5. The van der Waals surface area contributed by atoms with Crippen molar-refractivity contribution in [3.63, 3.8) is 0 Å². The number of hydrogen-bond acceptors (Lipinski definition) is 6. The number of carbonyl (C=O) groups is 2. The summed E-state index contributed by atoms with van der Waals surface area (Å²) in [5.74, 6) is -0.0397. The highest BCUT2D eigenvalue weighted by atomic mass is 19.1. The molecule has 1 amide bonds. The number of ketones is 1. The second-order valence-corrected chi connectivity index (χ2v) is 6.81. The van der Waals surface area contributed by atoms with E-state index in [1.165, 1.54) is 15.8 Å². The number of nitrogens with zero attached hydrogens (tertiary/aromatic N) is 7. The third-order valence-corrected chi connectivity index (χ3v) is 4.77. The topological polar surface area (TPSA) is 88.6 Å². The quantitative estimate of drug-likeness (QED) is 0.530. The molecule has 3 aromatic rings. The molecule has 3 rings (SSSR count). The molecule has 10 heteroatoms. The molecule has 0 N–H and O–H groups in total. The molecule has 0 aromatic carbocycles. The molecule has 0 atom stereocenters. The van der Waals surface area contributed by atoms with E-state index < -0.39 is 6.67 Å². The number of alkyl halides is 1. The fraction of sp³-hybridized carbons (Fsp3) is 0.421. The minimum Gasteiger partial charge on any atom is -0.342 e. The van der Waals surface area contributed by atoms with E-state index >= 15 is 0 Å². The molecular formula is C19H24FN7O2. The van der Waals surface area contributed by atoms with Gasteiger partial charge in [-0.3, -0.25) is 14.3 Å². The summed E-state index contributed by atoms with van der Waals surface area (Å²) < 4.78 is 15.6. The van der Waals surface area contributed by atoms with E-state index in [-0.39, 0.29) is 30.3 Å². The molecule has 3 heterocycles. The van der Waals surface area contributed by atoms with Gasteiger partial charge in [0.15, 0.2) is 11.4 Å². The van der Waals surface area contributed by atoms with Gasteiger partial charge in [0, 0.05) is 46.9 Å². The summed E-state index contributed by atoms with van der Waals surface area (Å²) in [4.78, 5) is 33.0. The van der Waals surface area contributed by atoms with Crippen molar-refractivity contribution in [2.45, 2.75) is 13.3 Å².